The second-order valence-corrected chi connectivity index (χ2v) is 5.08. The van der Waals surface area contributed by atoms with Crippen LogP contribution in [0.15, 0.2) is 30.5 Å². The third kappa shape index (κ3) is 3.39. The summed E-state index contributed by atoms with van der Waals surface area (Å²) in [5.74, 6) is 6.09. The zero-order chi connectivity index (χ0) is 13.7. The number of hydrogen-bond donors (Lipinski definition) is 1. The minimum Gasteiger partial charge on any atom is -0.346 e. The van der Waals surface area contributed by atoms with Gasteiger partial charge in [0.05, 0.1) is 5.52 Å². The van der Waals surface area contributed by atoms with E-state index >= 15 is 0 Å². The second kappa shape index (κ2) is 6.45. The molecule has 0 aliphatic heterocycles. The first kappa shape index (κ1) is 13.7. The highest BCUT2D eigenvalue weighted by atomic mass is 15.0. The SMILES string of the molecule is CC#CCCn1ccc2cccc(CNC(C)C)c21. The number of aryl methyl sites for hydroxylation is 1. The molecule has 0 saturated heterocycles. The summed E-state index contributed by atoms with van der Waals surface area (Å²) in [7, 11) is 0. The summed E-state index contributed by atoms with van der Waals surface area (Å²) in [5.41, 5.74) is 2.70. The molecular weight excluding hydrogens is 232 g/mol. The maximum Gasteiger partial charge on any atom is 0.0526 e. The summed E-state index contributed by atoms with van der Waals surface area (Å²) in [6.45, 7) is 8.12. The molecule has 0 amide bonds. The van der Waals surface area contributed by atoms with Gasteiger partial charge in [0.2, 0.25) is 0 Å². The van der Waals surface area contributed by atoms with Gasteiger partial charge in [-0.15, -0.1) is 11.8 Å². The van der Waals surface area contributed by atoms with E-state index < -0.39 is 0 Å². The quantitative estimate of drug-likeness (QED) is 0.807. The van der Waals surface area contributed by atoms with Crippen LogP contribution in [0.2, 0.25) is 0 Å². The molecule has 2 rings (SSSR count). The Hall–Kier alpha value is -1.72. The Morgan fingerprint density at radius 1 is 1.26 bits per heavy atom. The maximum absolute atomic E-state index is 3.50. The molecule has 0 aliphatic rings. The fourth-order valence-electron chi connectivity index (χ4n) is 2.29. The van der Waals surface area contributed by atoms with Crippen molar-refractivity contribution in [3.63, 3.8) is 0 Å². The van der Waals surface area contributed by atoms with Crippen LogP contribution in [0.1, 0.15) is 32.8 Å². The molecule has 1 aromatic heterocycles. The molecule has 2 aromatic rings. The molecule has 1 N–H and O–H groups in total. The van der Waals surface area contributed by atoms with E-state index in [1.807, 2.05) is 6.92 Å². The number of nitrogens with zero attached hydrogens (tertiary/aromatic N) is 1. The Morgan fingerprint density at radius 3 is 2.84 bits per heavy atom. The predicted molar refractivity (Wildman–Crippen MR) is 82.0 cm³/mol. The molecule has 0 radical (unpaired) electrons. The summed E-state index contributed by atoms with van der Waals surface area (Å²) in [4.78, 5) is 0. The van der Waals surface area contributed by atoms with Crippen LogP contribution in [0.4, 0.5) is 0 Å². The van der Waals surface area contributed by atoms with Gasteiger partial charge in [-0.25, -0.2) is 0 Å². The van der Waals surface area contributed by atoms with Crippen molar-refractivity contribution in [1.82, 2.24) is 9.88 Å². The Morgan fingerprint density at radius 2 is 2.11 bits per heavy atom. The van der Waals surface area contributed by atoms with E-state index in [1.165, 1.54) is 16.5 Å². The second-order valence-electron chi connectivity index (χ2n) is 5.08. The van der Waals surface area contributed by atoms with Gasteiger partial charge in [0.1, 0.15) is 0 Å². The Balaban J connectivity index is 2.28. The molecule has 0 saturated carbocycles. The molecule has 2 nitrogen and oxygen atoms in total. The van der Waals surface area contributed by atoms with Crippen molar-refractivity contribution in [2.75, 3.05) is 0 Å². The van der Waals surface area contributed by atoms with Crippen molar-refractivity contribution in [3.8, 4) is 11.8 Å². The monoisotopic (exact) mass is 254 g/mol. The van der Waals surface area contributed by atoms with Gasteiger partial charge in [-0.05, 0) is 23.9 Å². The van der Waals surface area contributed by atoms with Gasteiger partial charge >= 0.3 is 0 Å². The normalized spacial score (nSPS) is 10.7. The zero-order valence-electron chi connectivity index (χ0n) is 12.0. The highest BCUT2D eigenvalue weighted by Crippen LogP contribution is 2.20. The third-order valence-electron chi connectivity index (χ3n) is 3.23. The molecule has 100 valence electrons. The first-order chi connectivity index (χ1) is 9.22. The summed E-state index contributed by atoms with van der Waals surface area (Å²) >= 11 is 0. The molecular formula is C17H22N2. The highest BCUT2D eigenvalue weighted by Gasteiger charge is 2.06. The lowest BCUT2D eigenvalue weighted by Crippen LogP contribution is -2.22. The van der Waals surface area contributed by atoms with Crippen LogP contribution in [0.25, 0.3) is 10.9 Å². The van der Waals surface area contributed by atoms with E-state index in [2.05, 4.69) is 66.0 Å². The van der Waals surface area contributed by atoms with Crippen LogP contribution in [0, 0.1) is 11.8 Å². The topological polar surface area (TPSA) is 17.0 Å². The highest BCUT2D eigenvalue weighted by molar-refractivity contribution is 5.83. The minimum atomic E-state index is 0.504. The molecule has 1 aromatic carbocycles. The smallest absolute Gasteiger partial charge is 0.0526 e. The number of nitrogens with one attached hydrogen (secondary N) is 1. The number of hydrogen-bond acceptors (Lipinski definition) is 1. The van der Waals surface area contributed by atoms with Gasteiger partial charge in [-0.1, -0.05) is 32.0 Å². The van der Waals surface area contributed by atoms with Crippen molar-refractivity contribution < 1.29 is 0 Å². The number of fused-ring (bicyclic) bond motifs is 1. The number of benzene rings is 1. The van der Waals surface area contributed by atoms with E-state index in [-0.39, 0.29) is 0 Å². The standard InChI is InChI=1S/C17H22N2/c1-4-5-6-11-19-12-10-15-8-7-9-16(17(15)19)13-18-14(2)3/h7-10,12,14,18H,6,11,13H2,1-3H3. The predicted octanol–water partition coefficient (Wildman–Crippen LogP) is 3.55. The first-order valence-corrected chi connectivity index (χ1v) is 6.92. The average molecular weight is 254 g/mol. The first-order valence-electron chi connectivity index (χ1n) is 6.92. The van der Waals surface area contributed by atoms with E-state index in [0.717, 1.165) is 19.5 Å². The van der Waals surface area contributed by atoms with Crippen molar-refractivity contribution in [3.05, 3.63) is 36.0 Å². The molecule has 0 aliphatic carbocycles. The summed E-state index contributed by atoms with van der Waals surface area (Å²) < 4.78 is 2.32. The van der Waals surface area contributed by atoms with Gasteiger partial charge in [0.15, 0.2) is 0 Å². The molecule has 1 heterocycles. The van der Waals surface area contributed by atoms with Gasteiger partial charge < -0.3 is 9.88 Å². The molecule has 0 unspecified atom stereocenters. The van der Waals surface area contributed by atoms with Crippen molar-refractivity contribution in [2.45, 2.75) is 46.3 Å². The Bertz CT molecular complexity index is 596. The average Bonchev–Trinajstić information content (AvgIpc) is 2.81. The van der Waals surface area contributed by atoms with Gasteiger partial charge in [0.25, 0.3) is 0 Å². The lowest BCUT2D eigenvalue weighted by Gasteiger charge is -2.12. The minimum absolute atomic E-state index is 0.504. The zero-order valence-corrected chi connectivity index (χ0v) is 12.0. The lowest BCUT2D eigenvalue weighted by atomic mass is 10.1. The van der Waals surface area contributed by atoms with Crippen LogP contribution < -0.4 is 5.32 Å². The van der Waals surface area contributed by atoms with Crippen molar-refractivity contribution >= 4 is 10.9 Å². The molecule has 19 heavy (non-hydrogen) atoms. The van der Waals surface area contributed by atoms with Crippen LogP contribution >= 0.6 is 0 Å². The van der Waals surface area contributed by atoms with Gasteiger partial charge in [0, 0.05) is 31.7 Å². The van der Waals surface area contributed by atoms with Crippen LogP contribution in [-0.2, 0) is 13.1 Å². The number of para-hydroxylation sites is 1. The molecule has 0 fully saturated rings. The summed E-state index contributed by atoms with van der Waals surface area (Å²) in [6.07, 6.45) is 3.08. The lowest BCUT2D eigenvalue weighted by molar-refractivity contribution is 0.589. The fraction of sp³-hybridized carbons (Fsp3) is 0.412. The largest absolute Gasteiger partial charge is 0.346 e. The molecule has 0 spiro atoms. The number of aromatic nitrogens is 1. The van der Waals surface area contributed by atoms with E-state index in [1.54, 1.807) is 0 Å². The molecule has 0 atom stereocenters. The van der Waals surface area contributed by atoms with Gasteiger partial charge in [-0.3, -0.25) is 0 Å². The fourth-order valence-corrected chi connectivity index (χ4v) is 2.29. The molecule has 2 heteroatoms. The van der Waals surface area contributed by atoms with Gasteiger partial charge in [-0.2, -0.15) is 0 Å². The van der Waals surface area contributed by atoms with E-state index in [0.29, 0.717) is 6.04 Å². The van der Waals surface area contributed by atoms with E-state index in [9.17, 15) is 0 Å². The van der Waals surface area contributed by atoms with Crippen molar-refractivity contribution in [2.24, 2.45) is 0 Å². The van der Waals surface area contributed by atoms with Crippen LogP contribution in [-0.4, -0.2) is 10.6 Å². The number of rotatable bonds is 5. The van der Waals surface area contributed by atoms with Crippen LogP contribution in [0.5, 0.6) is 0 Å². The van der Waals surface area contributed by atoms with E-state index in [4.69, 9.17) is 0 Å². The maximum atomic E-state index is 3.50. The third-order valence-corrected chi connectivity index (χ3v) is 3.23. The van der Waals surface area contributed by atoms with Crippen LogP contribution in [0.3, 0.4) is 0 Å². The molecule has 0 bridgehead atoms. The summed E-state index contributed by atoms with van der Waals surface area (Å²) in [6, 6.07) is 9.21. The Kier molecular flexibility index (Phi) is 4.65. The summed E-state index contributed by atoms with van der Waals surface area (Å²) in [5, 5.41) is 4.81. The Labute approximate surface area is 115 Å². The van der Waals surface area contributed by atoms with Crippen molar-refractivity contribution in [1.29, 1.82) is 0 Å².